The molecule has 6 heteroatoms. The second-order valence-electron chi connectivity index (χ2n) is 3.74. The van der Waals surface area contributed by atoms with E-state index in [-0.39, 0.29) is 5.95 Å². The predicted molar refractivity (Wildman–Crippen MR) is 64.0 cm³/mol. The van der Waals surface area contributed by atoms with Crippen molar-refractivity contribution < 1.29 is 4.79 Å². The summed E-state index contributed by atoms with van der Waals surface area (Å²) in [7, 11) is 0. The van der Waals surface area contributed by atoms with E-state index in [4.69, 9.17) is 11.5 Å². The Morgan fingerprint density at radius 3 is 2.59 bits per heavy atom. The van der Waals surface area contributed by atoms with Gasteiger partial charge in [-0.3, -0.25) is 5.10 Å². The maximum atomic E-state index is 10.4. The second kappa shape index (κ2) is 4.75. The van der Waals surface area contributed by atoms with Crippen LogP contribution in [-0.4, -0.2) is 27.5 Å². The van der Waals surface area contributed by atoms with Crippen molar-refractivity contribution in [2.75, 3.05) is 5.73 Å². The minimum Gasteiger partial charge on any atom is -0.366 e. The highest BCUT2D eigenvalue weighted by atomic mass is 16.1. The van der Waals surface area contributed by atoms with Crippen LogP contribution in [0.2, 0.25) is 0 Å². The van der Waals surface area contributed by atoms with Gasteiger partial charge in [0, 0.05) is 5.56 Å². The van der Waals surface area contributed by atoms with Crippen molar-refractivity contribution in [3.8, 4) is 11.4 Å². The molecular formula is C11H13N5O. The first kappa shape index (κ1) is 11.3. The molecule has 2 rings (SSSR count). The molecule has 5 N–H and O–H groups in total. The SMILES string of the molecule is Nc1n[nH]c(-c2ccc(CC(N)C=O)cc2)n1. The number of aldehydes is 1. The van der Waals surface area contributed by atoms with Crippen LogP contribution in [0.15, 0.2) is 24.3 Å². The molecule has 1 aromatic heterocycles. The monoisotopic (exact) mass is 231 g/mol. The standard InChI is InChI=1S/C11H13N5O/c12-9(6-17)5-7-1-3-8(4-2-7)10-14-11(13)16-15-10/h1-4,6,9H,5,12H2,(H3,13,14,15,16). The van der Waals surface area contributed by atoms with Crippen LogP contribution in [0.4, 0.5) is 5.95 Å². The summed E-state index contributed by atoms with van der Waals surface area (Å²) < 4.78 is 0. The Bertz CT molecular complexity index is 505. The molecule has 0 aliphatic rings. The summed E-state index contributed by atoms with van der Waals surface area (Å²) in [6.07, 6.45) is 1.27. The van der Waals surface area contributed by atoms with E-state index in [0.717, 1.165) is 17.4 Å². The number of H-pyrrole nitrogens is 1. The van der Waals surface area contributed by atoms with E-state index in [1.807, 2.05) is 24.3 Å². The lowest BCUT2D eigenvalue weighted by molar-refractivity contribution is -0.108. The number of anilines is 1. The number of carbonyl (C=O) groups excluding carboxylic acids is 1. The minimum atomic E-state index is -0.457. The Labute approximate surface area is 98.0 Å². The Morgan fingerprint density at radius 1 is 1.35 bits per heavy atom. The number of aromatic nitrogens is 3. The molecule has 6 nitrogen and oxygen atoms in total. The summed E-state index contributed by atoms with van der Waals surface area (Å²) in [6, 6.07) is 7.11. The molecule has 1 unspecified atom stereocenters. The van der Waals surface area contributed by atoms with Gasteiger partial charge in [-0.15, -0.1) is 5.10 Å². The van der Waals surface area contributed by atoms with Gasteiger partial charge in [0.05, 0.1) is 6.04 Å². The van der Waals surface area contributed by atoms with Gasteiger partial charge in [-0.05, 0) is 12.0 Å². The average molecular weight is 231 g/mol. The number of rotatable bonds is 4. The molecule has 0 fully saturated rings. The van der Waals surface area contributed by atoms with Crippen LogP contribution in [0, 0.1) is 0 Å². The first-order valence-electron chi connectivity index (χ1n) is 5.17. The van der Waals surface area contributed by atoms with Crippen molar-refractivity contribution in [2.24, 2.45) is 5.73 Å². The van der Waals surface area contributed by atoms with Crippen molar-refractivity contribution in [3.05, 3.63) is 29.8 Å². The lowest BCUT2D eigenvalue weighted by Crippen LogP contribution is -2.23. The molecule has 0 aliphatic carbocycles. The van der Waals surface area contributed by atoms with E-state index in [9.17, 15) is 4.79 Å². The third kappa shape index (κ3) is 2.67. The third-order valence-corrected chi connectivity index (χ3v) is 2.38. The Morgan fingerprint density at radius 2 is 2.06 bits per heavy atom. The Hall–Kier alpha value is -2.21. The molecule has 0 amide bonds. The zero-order valence-electron chi connectivity index (χ0n) is 9.13. The fraction of sp³-hybridized carbons (Fsp3) is 0.182. The number of nitrogens with zero attached hydrogens (tertiary/aromatic N) is 2. The maximum Gasteiger partial charge on any atom is 0.239 e. The zero-order valence-corrected chi connectivity index (χ0v) is 9.13. The molecule has 1 atom stereocenters. The van der Waals surface area contributed by atoms with E-state index in [2.05, 4.69) is 15.2 Å². The predicted octanol–water partition coefficient (Wildman–Crippen LogP) is 0.123. The number of aromatic amines is 1. The molecule has 0 bridgehead atoms. The number of hydrogen-bond donors (Lipinski definition) is 3. The van der Waals surface area contributed by atoms with Crippen molar-refractivity contribution >= 4 is 12.2 Å². The van der Waals surface area contributed by atoms with Gasteiger partial charge in [-0.2, -0.15) is 4.98 Å². The van der Waals surface area contributed by atoms with Crippen LogP contribution < -0.4 is 11.5 Å². The smallest absolute Gasteiger partial charge is 0.239 e. The average Bonchev–Trinajstić information content (AvgIpc) is 2.77. The van der Waals surface area contributed by atoms with Crippen LogP contribution >= 0.6 is 0 Å². The number of carbonyl (C=O) groups is 1. The minimum absolute atomic E-state index is 0.215. The highest BCUT2D eigenvalue weighted by molar-refractivity contribution is 5.59. The summed E-state index contributed by atoms with van der Waals surface area (Å²) in [5.41, 5.74) is 12.9. The van der Waals surface area contributed by atoms with Gasteiger partial charge >= 0.3 is 0 Å². The van der Waals surface area contributed by atoms with E-state index in [0.29, 0.717) is 12.2 Å². The summed E-state index contributed by atoms with van der Waals surface area (Å²) in [5.74, 6) is 0.834. The lowest BCUT2D eigenvalue weighted by Gasteiger charge is -2.04. The van der Waals surface area contributed by atoms with Gasteiger partial charge in [-0.25, -0.2) is 0 Å². The highest BCUT2D eigenvalue weighted by Crippen LogP contribution is 2.16. The summed E-state index contributed by atoms with van der Waals surface area (Å²) in [4.78, 5) is 14.5. The molecule has 0 aliphatic heterocycles. The highest BCUT2D eigenvalue weighted by Gasteiger charge is 2.05. The molecule has 88 valence electrons. The van der Waals surface area contributed by atoms with Gasteiger partial charge in [-0.1, -0.05) is 24.3 Å². The van der Waals surface area contributed by atoms with Crippen molar-refractivity contribution in [2.45, 2.75) is 12.5 Å². The quantitative estimate of drug-likeness (QED) is 0.647. The fourth-order valence-electron chi connectivity index (χ4n) is 1.52. The van der Waals surface area contributed by atoms with Crippen molar-refractivity contribution in [3.63, 3.8) is 0 Å². The molecule has 0 saturated heterocycles. The number of nitrogens with one attached hydrogen (secondary N) is 1. The largest absolute Gasteiger partial charge is 0.366 e. The van der Waals surface area contributed by atoms with E-state index < -0.39 is 6.04 Å². The molecule has 2 aromatic rings. The Kier molecular flexibility index (Phi) is 3.15. The third-order valence-electron chi connectivity index (χ3n) is 2.38. The van der Waals surface area contributed by atoms with Crippen molar-refractivity contribution in [1.29, 1.82) is 0 Å². The van der Waals surface area contributed by atoms with Crippen molar-refractivity contribution in [1.82, 2.24) is 15.2 Å². The van der Waals surface area contributed by atoms with Gasteiger partial charge in [0.15, 0.2) is 5.82 Å². The first-order valence-corrected chi connectivity index (χ1v) is 5.17. The maximum absolute atomic E-state index is 10.4. The zero-order chi connectivity index (χ0) is 12.3. The van der Waals surface area contributed by atoms with Gasteiger partial charge in [0.2, 0.25) is 5.95 Å². The molecular weight excluding hydrogens is 218 g/mol. The molecule has 0 saturated carbocycles. The lowest BCUT2D eigenvalue weighted by atomic mass is 10.1. The normalized spacial score (nSPS) is 12.3. The molecule has 1 aromatic carbocycles. The van der Waals surface area contributed by atoms with Crippen LogP contribution in [0.1, 0.15) is 5.56 Å². The Balaban J connectivity index is 2.15. The van der Waals surface area contributed by atoms with Crippen LogP contribution in [0.25, 0.3) is 11.4 Å². The molecule has 17 heavy (non-hydrogen) atoms. The molecule has 0 radical (unpaired) electrons. The van der Waals surface area contributed by atoms with Gasteiger partial charge in [0.25, 0.3) is 0 Å². The summed E-state index contributed by atoms with van der Waals surface area (Å²) >= 11 is 0. The number of nitrogens with two attached hydrogens (primary N) is 2. The number of hydrogen-bond acceptors (Lipinski definition) is 5. The summed E-state index contributed by atoms with van der Waals surface area (Å²) in [6.45, 7) is 0. The number of benzene rings is 1. The van der Waals surface area contributed by atoms with E-state index >= 15 is 0 Å². The van der Waals surface area contributed by atoms with Crippen LogP contribution in [0.3, 0.4) is 0 Å². The molecule has 1 heterocycles. The van der Waals surface area contributed by atoms with E-state index in [1.54, 1.807) is 0 Å². The number of nitrogen functional groups attached to an aromatic ring is 1. The molecule has 0 spiro atoms. The fourth-order valence-corrected chi connectivity index (χ4v) is 1.52. The second-order valence-corrected chi connectivity index (χ2v) is 3.74. The van der Waals surface area contributed by atoms with E-state index in [1.165, 1.54) is 0 Å². The first-order chi connectivity index (χ1) is 8.19. The van der Waals surface area contributed by atoms with Crippen LogP contribution in [-0.2, 0) is 11.2 Å². The van der Waals surface area contributed by atoms with Crippen LogP contribution in [0.5, 0.6) is 0 Å². The van der Waals surface area contributed by atoms with Gasteiger partial charge in [0.1, 0.15) is 6.29 Å². The summed E-state index contributed by atoms with van der Waals surface area (Å²) in [5, 5.41) is 6.48. The topological polar surface area (TPSA) is 111 Å². The van der Waals surface area contributed by atoms with Gasteiger partial charge < -0.3 is 16.3 Å².